The Bertz CT molecular complexity index is 55.1. The lowest BCUT2D eigenvalue weighted by molar-refractivity contribution is 1.17. The van der Waals surface area contributed by atoms with Gasteiger partial charge in [-0.25, -0.2) is 0 Å². The van der Waals surface area contributed by atoms with Gasteiger partial charge in [0.15, 0.2) is 0 Å². The minimum atomic E-state index is 0.654. The number of terminal acetylenes is 1. The van der Waals surface area contributed by atoms with Crippen LogP contribution in [-0.4, -0.2) is 12.8 Å². The smallest absolute Gasteiger partial charge is 0.0668 e. The van der Waals surface area contributed by atoms with Gasteiger partial charge in [-0.15, -0.1) is 6.42 Å². The molecule has 0 spiro atoms. The standard InChI is InChI=1S/C4H7NS/c1-3-4-5-6-2/h1,5H,4H2,2H3. The molecule has 0 aromatic rings. The van der Waals surface area contributed by atoms with Gasteiger partial charge in [-0.1, -0.05) is 17.9 Å². The van der Waals surface area contributed by atoms with Crippen molar-refractivity contribution in [3.8, 4) is 12.3 Å². The van der Waals surface area contributed by atoms with Crippen molar-refractivity contribution in [2.24, 2.45) is 0 Å². The van der Waals surface area contributed by atoms with Gasteiger partial charge in [-0.05, 0) is 6.26 Å². The van der Waals surface area contributed by atoms with E-state index in [1.165, 1.54) is 11.9 Å². The zero-order chi connectivity index (χ0) is 4.83. The van der Waals surface area contributed by atoms with Crippen molar-refractivity contribution in [2.45, 2.75) is 0 Å². The molecular weight excluding hydrogens is 94.1 g/mol. The number of nitrogens with one attached hydrogen (secondary N) is 1. The lowest BCUT2D eigenvalue weighted by Crippen LogP contribution is -1.99. The molecule has 0 heterocycles. The lowest BCUT2D eigenvalue weighted by atomic mass is 10.7. The summed E-state index contributed by atoms with van der Waals surface area (Å²) in [5.41, 5.74) is 0. The van der Waals surface area contributed by atoms with Crippen molar-refractivity contribution in [3.05, 3.63) is 0 Å². The molecule has 0 radical (unpaired) electrons. The highest BCUT2D eigenvalue weighted by atomic mass is 32.2. The number of hydrogen-bond donors (Lipinski definition) is 1. The molecule has 34 valence electrons. The van der Waals surface area contributed by atoms with Crippen LogP contribution in [0.5, 0.6) is 0 Å². The highest BCUT2D eigenvalue weighted by Crippen LogP contribution is 1.75. The molecule has 0 aliphatic carbocycles. The molecule has 0 atom stereocenters. The van der Waals surface area contributed by atoms with Gasteiger partial charge in [-0.2, -0.15) is 0 Å². The molecule has 0 saturated carbocycles. The first-order valence-electron chi connectivity index (χ1n) is 1.61. The average Bonchev–Trinajstić information content (AvgIpc) is 1.61. The number of rotatable bonds is 2. The molecule has 6 heavy (non-hydrogen) atoms. The quantitative estimate of drug-likeness (QED) is 0.308. The monoisotopic (exact) mass is 101 g/mol. The molecule has 0 bridgehead atoms. The van der Waals surface area contributed by atoms with E-state index in [-0.39, 0.29) is 0 Å². The van der Waals surface area contributed by atoms with E-state index in [0.29, 0.717) is 6.54 Å². The van der Waals surface area contributed by atoms with Crippen LogP contribution in [0.3, 0.4) is 0 Å². The van der Waals surface area contributed by atoms with Crippen LogP contribution in [0.1, 0.15) is 0 Å². The summed E-state index contributed by atoms with van der Waals surface area (Å²) < 4.78 is 2.88. The summed E-state index contributed by atoms with van der Waals surface area (Å²) in [4.78, 5) is 0. The largest absolute Gasteiger partial charge is 0.252 e. The topological polar surface area (TPSA) is 12.0 Å². The van der Waals surface area contributed by atoms with Gasteiger partial charge in [0.25, 0.3) is 0 Å². The first kappa shape index (κ1) is 5.87. The predicted octanol–water partition coefficient (Wildman–Crippen LogP) is 0.487. The van der Waals surface area contributed by atoms with Gasteiger partial charge in [0.1, 0.15) is 0 Å². The Morgan fingerprint density at radius 1 is 2.00 bits per heavy atom. The maximum Gasteiger partial charge on any atom is 0.0668 e. The van der Waals surface area contributed by atoms with Gasteiger partial charge in [-0.3, -0.25) is 4.72 Å². The molecule has 0 fully saturated rings. The van der Waals surface area contributed by atoms with E-state index in [1.54, 1.807) is 0 Å². The summed E-state index contributed by atoms with van der Waals surface area (Å²) in [6.07, 6.45) is 6.83. The molecule has 0 amide bonds. The maximum absolute atomic E-state index is 4.89. The van der Waals surface area contributed by atoms with Crippen LogP contribution in [0.4, 0.5) is 0 Å². The summed E-state index contributed by atoms with van der Waals surface area (Å²) in [6.45, 7) is 0.654. The SMILES string of the molecule is C#CCNSC. The minimum Gasteiger partial charge on any atom is -0.252 e. The third-order valence-corrected chi connectivity index (χ3v) is 0.752. The molecule has 0 aromatic carbocycles. The van der Waals surface area contributed by atoms with Crippen molar-refractivity contribution in [1.82, 2.24) is 4.72 Å². The van der Waals surface area contributed by atoms with Crippen LogP contribution in [-0.2, 0) is 0 Å². The van der Waals surface area contributed by atoms with Crippen LogP contribution in [0.15, 0.2) is 0 Å². The fourth-order valence-electron chi connectivity index (χ4n) is 0.114. The Morgan fingerprint density at radius 3 is 2.83 bits per heavy atom. The van der Waals surface area contributed by atoms with Gasteiger partial charge in [0.2, 0.25) is 0 Å². The predicted molar refractivity (Wildman–Crippen MR) is 30.4 cm³/mol. The van der Waals surface area contributed by atoms with Gasteiger partial charge >= 0.3 is 0 Å². The summed E-state index contributed by atoms with van der Waals surface area (Å²) in [5.74, 6) is 2.44. The van der Waals surface area contributed by atoms with Crippen molar-refractivity contribution >= 4 is 11.9 Å². The second kappa shape index (κ2) is 4.87. The summed E-state index contributed by atoms with van der Waals surface area (Å²) in [5, 5.41) is 0. The second-order valence-corrected chi connectivity index (χ2v) is 1.43. The second-order valence-electron chi connectivity index (χ2n) is 0.729. The Balaban J connectivity index is 2.54. The fourth-order valence-corrected chi connectivity index (χ4v) is 0.342. The zero-order valence-electron chi connectivity index (χ0n) is 3.69. The van der Waals surface area contributed by atoms with Crippen molar-refractivity contribution in [1.29, 1.82) is 0 Å². The number of hydrogen-bond acceptors (Lipinski definition) is 2. The molecule has 0 aliphatic heterocycles. The summed E-state index contributed by atoms with van der Waals surface area (Å²) in [7, 11) is 0. The minimum absolute atomic E-state index is 0.654. The molecule has 2 heteroatoms. The molecular formula is C4H7NS. The molecule has 1 N–H and O–H groups in total. The first-order chi connectivity index (χ1) is 2.91. The zero-order valence-corrected chi connectivity index (χ0v) is 4.51. The van der Waals surface area contributed by atoms with Crippen LogP contribution in [0.25, 0.3) is 0 Å². The van der Waals surface area contributed by atoms with Crippen LogP contribution in [0, 0.1) is 12.3 Å². The van der Waals surface area contributed by atoms with E-state index in [9.17, 15) is 0 Å². The highest BCUT2D eigenvalue weighted by Gasteiger charge is 1.67. The van der Waals surface area contributed by atoms with Crippen molar-refractivity contribution in [3.63, 3.8) is 0 Å². The maximum atomic E-state index is 4.89. The van der Waals surface area contributed by atoms with Gasteiger partial charge in [0, 0.05) is 0 Å². The Hall–Kier alpha value is -0.130. The van der Waals surface area contributed by atoms with E-state index in [2.05, 4.69) is 10.6 Å². The summed E-state index contributed by atoms with van der Waals surface area (Å²) >= 11 is 1.53. The molecule has 1 nitrogen and oxygen atoms in total. The normalized spacial score (nSPS) is 7.33. The van der Waals surface area contributed by atoms with E-state index in [1.807, 2.05) is 6.26 Å². The van der Waals surface area contributed by atoms with Gasteiger partial charge < -0.3 is 0 Å². The van der Waals surface area contributed by atoms with E-state index >= 15 is 0 Å². The van der Waals surface area contributed by atoms with E-state index in [4.69, 9.17) is 6.42 Å². The first-order valence-corrected chi connectivity index (χ1v) is 2.83. The summed E-state index contributed by atoms with van der Waals surface area (Å²) in [6, 6.07) is 0. The van der Waals surface area contributed by atoms with Crippen LogP contribution >= 0.6 is 11.9 Å². The molecule has 0 saturated heterocycles. The van der Waals surface area contributed by atoms with E-state index in [0.717, 1.165) is 0 Å². The molecule has 0 aromatic heterocycles. The van der Waals surface area contributed by atoms with Crippen molar-refractivity contribution < 1.29 is 0 Å². The lowest BCUT2D eigenvalue weighted by Gasteiger charge is -1.85. The Labute approximate surface area is 42.6 Å². The van der Waals surface area contributed by atoms with Crippen molar-refractivity contribution in [2.75, 3.05) is 12.8 Å². The Kier molecular flexibility index (Phi) is 4.76. The Morgan fingerprint density at radius 2 is 2.67 bits per heavy atom. The average molecular weight is 101 g/mol. The van der Waals surface area contributed by atoms with E-state index < -0.39 is 0 Å². The molecule has 0 unspecified atom stereocenters. The van der Waals surface area contributed by atoms with Crippen LogP contribution < -0.4 is 4.72 Å². The third kappa shape index (κ3) is 3.87. The molecule has 0 aliphatic rings. The fraction of sp³-hybridized carbons (Fsp3) is 0.500. The molecule has 0 rings (SSSR count). The highest BCUT2D eigenvalue weighted by molar-refractivity contribution is 7.96. The van der Waals surface area contributed by atoms with Gasteiger partial charge in [0.05, 0.1) is 6.54 Å². The van der Waals surface area contributed by atoms with Crippen LogP contribution in [0.2, 0.25) is 0 Å². The third-order valence-electron chi connectivity index (χ3n) is 0.319.